The summed E-state index contributed by atoms with van der Waals surface area (Å²) in [6, 6.07) is 32.8. The van der Waals surface area contributed by atoms with E-state index in [0.29, 0.717) is 0 Å². The van der Waals surface area contributed by atoms with Crippen molar-refractivity contribution in [3.63, 3.8) is 0 Å². The lowest BCUT2D eigenvalue weighted by atomic mass is 9.97. The summed E-state index contributed by atoms with van der Waals surface area (Å²) >= 11 is 0. The van der Waals surface area contributed by atoms with E-state index in [9.17, 15) is 0 Å². The zero-order valence-corrected chi connectivity index (χ0v) is 19.3. The molecule has 2 nitrogen and oxygen atoms in total. The second-order valence-electron chi connectivity index (χ2n) is 8.84. The van der Waals surface area contributed by atoms with Crippen molar-refractivity contribution in [2.24, 2.45) is 0 Å². The van der Waals surface area contributed by atoms with E-state index in [2.05, 4.69) is 138 Å². The van der Waals surface area contributed by atoms with Crippen LogP contribution in [0.15, 0.2) is 122 Å². The number of anilines is 1. The minimum absolute atomic E-state index is 0.872. The number of benzene rings is 4. The second-order valence-corrected chi connectivity index (χ2v) is 8.84. The quantitative estimate of drug-likeness (QED) is 0.271. The highest BCUT2D eigenvalue weighted by atomic mass is 15.1. The molecule has 0 saturated carbocycles. The van der Waals surface area contributed by atoms with E-state index < -0.39 is 0 Å². The molecule has 1 aliphatic heterocycles. The van der Waals surface area contributed by atoms with Crippen LogP contribution in [0.25, 0.3) is 44.2 Å². The molecule has 0 spiro atoms. The summed E-state index contributed by atoms with van der Waals surface area (Å²) in [7, 11) is 2.13. The van der Waals surface area contributed by atoms with E-state index in [-0.39, 0.29) is 0 Å². The highest BCUT2D eigenvalue weighted by Gasteiger charge is 2.13. The van der Waals surface area contributed by atoms with Crippen molar-refractivity contribution in [3.05, 3.63) is 127 Å². The first kappa shape index (κ1) is 20.3. The van der Waals surface area contributed by atoms with Crippen LogP contribution in [0.1, 0.15) is 5.56 Å². The molecular formula is C32H26N2. The zero-order valence-electron chi connectivity index (χ0n) is 19.3. The summed E-state index contributed by atoms with van der Waals surface area (Å²) < 4.78 is 2.35. The van der Waals surface area contributed by atoms with Crippen LogP contribution in [0.3, 0.4) is 0 Å². The second kappa shape index (κ2) is 8.24. The molecule has 2 heteroatoms. The standard InChI is InChI=1S/C32H26N2/c1-23-10-4-3-9-21-33(2)30-20-17-25(22-29(23)30)24-15-18-26(19-16-24)34-31-13-7-5-11-27(31)28-12-6-8-14-32(28)34/h3-20,22H,1,21H2,2H3/b9-3-,10-4-. The molecule has 0 atom stereocenters. The lowest BCUT2D eigenvalue weighted by Crippen LogP contribution is -2.18. The lowest BCUT2D eigenvalue weighted by Gasteiger charge is -2.22. The van der Waals surface area contributed by atoms with Crippen LogP contribution in [0.5, 0.6) is 0 Å². The Labute approximate surface area is 200 Å². The Bertz CT molecular complexity index is 1540. The minimum atomic E-state index is 0.872. The molecule has 0 fully saturated rings. The zero-order chi connectivity index (χ0) is 23.1. The van der Waals surface area contributed by atoms with E-state index in [1.807, 2.05) is 0 Å². The Morgan fingerprint density at radius 2 is 1.35 bits per heavy atom. The largest absolute Gasteiger partial charge is 0.370 e. The molecule has 1 aliphatic rings. The van der Waals surface area contributed by atoms with Crippen molar-refractivity contribution in [2.45, 2.75) is 0 Å². The molecule has 0 bridgehead atoms. The Balaban J connectivity index is 1.44. The van der Waals surface area contributed by atoms with Crippen molar-refractivity contribution in [1.29, 1.82) is 0 Å². The van der Waals surface area contributed by atoms with Gasteiger partial charge in [-0.25, -0.2) is 0 Å². The summed E-state index contributed by atoms with van der Waals surface area (Å²) in [5.41, 5.74) is 9.42. The third kappa shape index (κ3) is 3.36. The molecule has 0 aliphatic carbocycles. The summed E-state index contributed by atoms with van der Waals surface area (Å²) in [5.74, 6) is 0. The molecule has 4 aromatic carbocycles. The SMILES string of the molecule is C=C1/C=C\C=C/CN(C)c2ccc(-c3ccc(-n4c5ccccc5c5ccccc54)cc3)cc21. The average molecular weight is 439 g/mol. The Morgan fingerprint density at radius 1 is 0.706 bits per heavy atom. The molecule has 164 valence electrons. The van der Waals surface area contributed by atoms with Gasteiger partial charge in [-0.2, -0.15) is 0 Å². The maximum absolute atomic E-state index is 4.32. The third-order valence-corrected chi connectivity index (χ3v) is 6.72. The van der Waals surface area contributed by atoms with E-state index in [0.717, 1.165) is 12.1 Å². The van der Waals surface area contributed by atoms with Crippen LogP contribution in [-0.2, 0) is 0 Å². The van der Waals surface area contributed by atoms with Gasteiger partial charge in [-0.1, -0.05) is 85.5 Å². The number of para-hydroxylation sites is 2. The van der Waals surface area contributed by atoms with Gasteiger partial charge >= 0.3 is 0 Å². The van der Waals surface area contributed by atoms with Gasteiger partial charge in [0.05, 0.1) is 11.0 Å². The normalized spacial score (nSPS) is 15.6. The number of hydrogen-bond acceptors (Lipinski definition) is 1. The molecule has 0 amide bonds. The highest BCUT2D eigenvalue weighted by molar-refractivity contribution is 6.09. The molecule has 1 aromatic heterocycles. The van der Waals surface area contributed by atoms with Gasteiger partial charge < -0.3 is 9.47 Å². The topological polar surface area (TPSA) is 8.17 Å². The van der Waals surface area contributed by atoms with Crippen LogP contribution >= 0.6 is 0 Å². The fourth-order valence-electron chi connectivity index (χ4n) is 4.97. The van der Waals surface area contributed by atoms with Gasteiger partial charge in [0.15, 0.2) is 0 Å². The van der Waals surface area contributed by atoms with Crippen molar-refractivity contribution in [2.75, 3.05) is 18.5 Å². The molecule has 0 saturated heterocycles. The minimum Gasteiger partial charge on any atom is -0.370 e. The van der Waals surface area contributed by atoms with Crippen molar-refractivity contribution < 1.29 is 0 Å². The number of allylic oxidation sites excluding steroid dienone is 4. The predicted octanol–water partition coefficient (Wildman–Crippen LogP) is 8.03. The molecule has 2 heterocycles. The third-order valence-electron chi connectivity index (χ3n) is 6.72. The summed E-state index contributed by atoms with van der Waals surface area (Å²) in [5, 5.41) is 2.56. The fourth-order valence-corrected chi connectivity index (χ4v) is 4.97. The van der Waals surface area contributed by atoms with Gasteiger partial charge in [0, 0.05) is 41.3 Å². The van der Waals surface area contributed by atoms with Gasteiger partial charge in [-0.3, -0.25) is 0 Å². The van der Waals surface area contributed by atoms with E-state index in [1.165, 1.54) is 49.9 Å². The van der Waals surface area contributed by atoms with E-state index >= 15 is 0 Å². The number of fused-ring (bicyclic) bond motifs is 4. The molecule has 0 radical (unpaired) electrons. The highest BCUT2D eigenvalue weighted by Crippen LogP contribution is 2.35. The van der Waals surface area contributed by atoms with Gasteiger partial charge in [0.1, 0.15) is 0 Å². The number of rotatable bonds is 2. The van der Waals surface area contributed by atoms with Gasteiger partial charge in [0.25, 0.3) is 0 Å². The molecule has 0 unspecified atom stereocenters. The van der Waals surface area contributed by atoms with Gasteiger partial charge in [-0.05, 0) is 53.1 Å². The molecular weight excluding hydrogens is 412 g/mol. The fraction of sp³-hybridized carbons (Fsp3) is 0.0625. The first-order valence-corrected chi connectivity index (χ1v) is 11.7. The Kier molecular flexibility index (Phi) is 4.92. The summed E-state index contributed by atoms with van der Waals surface area (Å²) in [4.78, 5) is 2.26. The van der Waals surface area contributed by atoms with Crippen LogP contribution < -0.4 is 4.90 Å². The summed E-state index contributed by atoms with van der Waals surface area (Å²) in [6.07, 6.45) is 8.41. The van der Waals surface area contributed by atoms with Crippen LogP contribution in [0.4, 0.5) is 5.69 Å². The van der Waals surface area contributed by atoms with Crippen LogP contribution in [0.2, 0.25) is 0 Å². The van der Waals surface area contributed by atoms with Crippen LogP contribution in [0, 0.1) is 0 Å². The maximum Gasteiger partial charge on any atom is 0.0541 e. The summed E-state index contributed by atoms with van der Waals surface area (Å²) in [6.45, 7) is 5.20. The monoisotopic (exact) mass is 438 g/mol. The number of likely N-dealkylation sites (N-methyl/N-ethyl adjacent to an activating group) is 1. The van der Waals surface area contributed by atoms with Crippen molar-refractivity contribution in [1.82, 2.24) is 4.57 Å². The molecule has 34 heavy (non-hydrogen) atoms. The van der Waals surface area contributed by atoms with E-state index in [1.54, 1.807) is 0 Å². The Hall–Kier alpha value is -4.30. The molecule has 5 aromatic rings. The van der Waals surface area contributed by atoms with Crippen molar-refractivity contribution in [3.8, 4) is 16.8 Å². The molecule has 6 rings (SSSR count). The number of aromatic nitrogens is 1. The van der Waals surface area contributed by atoms with Crippen LogP contribution in [-0.4, -0.2) is 18.2 Å². The average Bonchev–Trinajstić information content (AvgIpc) is 3.24. The first-order valence-electron chi connectivity index (χ1n) is 11.7. The number of nitrogens with zero attached hydrogens (tertiary/aromatic N) is 2. The lowest BCUT2D eigenvalue weighted by molar-refractivity contribution is 1.03. The first-order chi connectivity index (χ1) is 16.7. The molecule has 0 N–H and O–H groups in total. The van der Waals surface area contributed by atoms with E-state index in [4.69, 9.17) is 0 Å². The smallest absolute Gasteiger partial charge is 0.0541 e. The Morgan fingerprint density at radius 3 is 2.06 bits per heavy atom. The predicted molar refractivity (Wildman–Crippen MR) is 147 cm³/mol. The maximum atomic E-state index is 4.32. The van der Waals surface area contributed by atoms with Gasteiger partial charge in [0.2, 0.25) is 0 Å². The van der Waals surface area contributed by atoms with Gasteiger partial charge in [-0.15, -0.1) is 0 Å². The van der Waals surface area contributed by atoms with Crippen molar-refractivity contribution >= 4 is 33.1 Å². The number of hydrogen-bond donors (Lipinski definition) is 0.